The molecule has 6 rings (SSSR count). The van der Waals surface area contributed by atoms with Gasteiger partial charge in [0.15, 0.2) is 5.65 Å². The fraction of sp³-hybridized carbons (Fsp3) is 0.111. The SMILES string of the molecule is Clc1ccccc1-c1cc(NCc2cccc(NC(=C3CC3)c3ccsc3)c2)n2ncc(Br)c2n1. The summed E-state index contributed by atoms with van der Waals surface area (Å²) in [5.41, 5.74) is 8.66. The van der Waals surface area contributed by atoms with Crippen molar-refractivity contribution in [1.29, 1.82) is 0 Å². The van der Waals surface area contributed by atoms with Crippen LogP contribution >= 0.6 is 38.9 Å². The van der Waals surface area contributed by atoms with Crippen molar-refractivity contribution in [3.63, 3.8) is 0 Å². The van der Waals surface area contributed by atoms with E-state index in [1.807, 2.05) is 30.3 Å². The highest BCUT2D eigenvalue weighted by Crippen LogP contribution is 2.37. The van der Waals surface area contributed by atoms with Crippen molar-refractivity contribution in [1.82, 2.24) is 14.6 Å². The number of hydrogen-bond acceptors (Lipinski definition) is 5. The maximum Gasteiger partial charge on any atom is 0.172 e. The molecule has 1 aliphatic rings. The number of rotatable bonds is 7. The van der Waals surface area contributed by atoms with Crippen LogP contribution in [0.1, 0.15) is 24.0 Å². The van der Waals surface area contributed by atoms with Gasteiger partial charge in [0.25, 0.3) is 0 Å². The molecule has 0 amide bonds. The molecule has 0 aliphatic heterocycles. The highest BCUT2D eigenvalue weighted by molar-refractivity contribution is 9.10. The Kier molecular flexibility index (Phi) is 6.06. The first-order chi connectivity index (χ1) is 17.2. The molecule has 0 atom stereocenters. The first kappa shape index (κ1) is 22.3. The van der Waals surface area contributed by atoms with Gasteiger partial charge in [0.1, 0.15) is 5.82 Å². The molecular formula is C27H21BrClN5S. The fourth-order valence-corrected chi connectivity index (χ4v) is 5.28. The van der Waals surface area contributed by atoms with Gasteiger partial charge in [-0.1, -0.05) is 41.9 Å². The summed E-state index contributed by atoms with van der Waals surface area (Å²) in [6.45, 7) is 0.637. The first-order valence-electron chi connectivity index (χ1n) is 11.3. The number of nitrogens with zero attached hydrogens (tertiary/aromatic N) is 3. The van der Waals surface area contributed by atoms with Gasteiger partial charge in [-0.3, -0.25) is 0 Å². The number of anilines is 2. The third-order valence-electron chi connectivity index (χ3n) is 5.91. The second-order valence-electron chi connectivity index (χ2n) is 8.40. The molecule has 1 aliphatic carbocycles. The predicted octanol–water partition coefficient (Wildman–Crippen LogP) is 8.10. The summed E-state index contributed by atoms with van der Waals surface area (Å²) in [5.74, 6) is 0.841. The van der Waals surface area contributed by atoms with E-state index >= 15 is 0 Å². The molecule has 2 N–H and O–H groups in total. The van der Waals surface area contributed by atoms with Gasteiger partial charge < -0.3 is 10.6 Å². The number of thiophene rings is 1. The zero-order valence-corrected chi connectivity index (χ0v) is 21.8. The summed E-state index contributed by atoms with van der Waals surface area (Å²) < 4.78 is 2.63. The maximum atomic E-state index is 6.47. The molecule has 0 bridgehead atoms. The lowest BCUT2D eigenvalue weighted by Crippen LogP contribution is -2.07. The van der Waals surface area contributed by atoms with Gasteiger partial charge in [0.05, 0.1) is 16.4 Å². The number of hydrogen-bond donors (Lipinski definition) is 2. The van der Waals surface area contributed by atoms with Crippen LogP contribution in [0.3, 0.4) is 0 Å². The predicted molar refractivity (Wildman–Crippen MR) is 149 cm³/mol. The second kappa shape index (κ2) is 9.49. The van der Waals surface area contributed by atoms with Crippen LogP contribution in [0.4, 0.5) is 11.5 Å². The minimum atomic E-state index is 0.637. The zero-order chi connectivity index (χ0) is 23.8. The van der Waals surface area contributed by atoms with Gasteiger partial charge in [-0.25, -0.2) is 4.98 Å². The molecule has 5 aromatic rings. The molecule has 0 spiro atoms. The van der Waals surface area contributed by atoms with E-state index in [0.717, 1.165) is 38.4 Å². The van der Waals surface area contributed by atoms with Crippen molar-refractivity contribution in [3.05, 3.63) is 104 Å². The summed E-state index contributed by atoms with van der Waals surface area (Å²) in [7, 11) is 0. The van der Waals surface area contributed by atoms with Crippen LogP contribution in [0.15, 0.2) is 87.7 Å². The number of allylic oxidation sites excluding steroid dienone is 1. The van der Waals surface area contributed by atoms with Crippen LogP contribution in [-0.2, 0) is 6.54 Å². The van der Waals surface area contributed by atoms with Crippen LogP contribution in [0.5, 0.6) is 0 Å². The van der Waals surface area contributed by atoms with Crippen molar-refractivity contribution in [2.75, 3.05) is 10.6 Å². The van der Waals surface area contributed by atoms with Crippen LogP contribution in [-0.4, -0.2) is 14.6 Å². The van der Waals surface area contributed by atoms with Crippen molar-refractivity contribution < 1.29 is 0 Å². The van der Waals surface area contributed by atoms with E-state index in [9.17, 15) is 0 Å². The summed E-state index contributed by atoms with van der Waals surface area (Å²) >= 11 is 11.8. The minimum absolute atomic E-state index is 0.637. The van der Waals surface area contributed by atoms with Crippen molar-refractivity contribution in [3.8, 4) is 11.3 Å². The molecule has 3 heterocycles. The van der Waals surface area contributed by atoms with Gasteiger partial charge in [0.2, 0.25) is 0 Å². The molecule has 2 aromatic carbocycles. The average Bonchev–Trinajstić information content (AvgIpc) is 3.43. The number of fused-ring (bicyclic) bond motifs is 1. The highest BCUT2D eigenvalue weighted by atomic mass is 79.9. The minimum Gasteiger partial charge on any atom is -0.366 e. The lowest BCUT2D eigenvalue weighted by Gasteiger charge is -2.14. The van der Waals surface area contributed by atoms with Crippen LogP contribution in [0.2, 0.25) is 5.02 Å². The van der Waals surface area contributed by atoms with E-state index < -0.39 is 0 Å². The molecule has 8 heteroatoms. The van der Waals surface area contributed by atoms with Crippen molar-refractivity contribution in [2.45, 2.75) is 19.4 Å². The van der Waals surface area contributed by atoms with Gasteiger partial charge >= 0.3 is 0 Å². The van der Waals surface area contributed by atoms with E-state index in [4.69, 9.17) is 16.6 Å². The summed E-state index contributed by atoms with van der Waals surface area (Å²) in [4.78, 5) is 4.79. The van der Waals surface area contributed by atoms with E-state index in [2.05, 4.69) is 72.8 Å². The monoisotopic (exact) mass is 561 g/mol. The molecule has 5 nitrogen and oxygen atoms in total. The maximum absolute atomic E-state index is 6.47. The average molecular weight is 563 g/mol. The molecular weight excluding hydrogens is 542 g/mol. The topological polar surface area (TPSA) is 54.2 Å². The van der Waals surface area contributed by atoms with Gasteiger partial charge in [-0.05, 0) is 69.6 Å². The van der Waals surface area contributed by atoms with Crippen LogP contribution in [0, 0.1) is 0 Å². The Labute approximate surface area is 220 Å². The van der Waals surface area contributed by atoms with Crippen LogP contribution in [0.25, 0.3) is 22.6 Å². The van der Waals surface area contributed by atoms with Gasteiger partial charge in [-0.15, -0.1) is 0 Å². The van der Waals surface area contributed by atoms with E-state index in [-0.39, 0.29) is 0 Å². The van der Waals surface area contributed by atoms with E-state index in [1.54, 1.807) is 22.0 Å². The summed E-state index contributed by atoms with van der Waals surface area (Å²) in [6, 6.07) is 20.4. The van der Waals surface area contributed by atoms with Gasteiger partial charge in [0, 0.05) is 45.5 Å². The number of aromatic nitrogens is 3. The third kappa shape index (κ3) is 4.72. The molecule has 1 fully saturated rings. The lowest BCUT2D eigenvalue weighted by atomic mass is 10.1. The third-order valence-corrected chi connectivity index (χ3v) is 7.48. The molecule has 174 valence electrons. The van der Waals surface area contributed by atoms with E-state index in [0.29, 0.717) is 11.6 Å². The highest BCUT2D eigenvalue weighted by Gasteiger charge is 2.19. The standard InChI is InChI=1S/C27H21BrClN5S/c28-22-15-31-34-25(13-24(33-27(22)34)21-6-1-2-7-23(21)29)30-14-17-4-3-5-20(12-17)32-26(18-8-9-18)19-10-11-35-16-19/h1-7,10-13,15-16,30,32H,8-9,14H2. The summed E-state index contributed by atoms with van der Waals surface area (Å²) in [6.07, 6.45) is 4.10. The largest absolute Gasteiger partial charge is 0.366 e. The van der Waals surface area contributed by atoms with Gasteiger partial charge in [-0.2, -0.15) is 21.0 Å². The molecule has 0 saturated heterocycles. The molecule has 1 saturated carbocycles. The van der Waals surface area contributed by atoms with Crippen molar-refractivity contribution in [2.24, 2.45) is 0 Å². The first-order valence-corrected chi connectivity index (χ1v) is 13.4. The van der Waals surface area contributed by atoms with E-state index in [1.165, 1.54) is 29.7 Å². The fourth-order valence-electron chi connectivity index (χ4n) is 4.05. The Morgan fingerprint density at radius 3 is 2.77 bits per heavy atom. The molecule has 35 heavy (non-hydrogen) atoms. The Bertz CT molecular complexity index is 1550. The molecule has 3 aromatic heterocycles. The quantitative estimate of drug-likeness (QED) is 0.210. The number of halogens is 2. The Hall–Kier alpha value is -3.13. The normalized spacial score (nSPS) is 12.7. The summed E-state index contributed by atoms with van der Waals surface area (Å²) in [5, 5.41) is 16.7. The Balaban J connectivity index is 1.27. The Morgan fingerprint density at radius 1 is 1.09 bits per heavy atom. The van der Waals surface area contributed by atoms with Crippen molar-refractivity contribution >= 4 is 61.7 Å². The second-order valence-corrected chi connectivity index (χ2v) is 10.4. The zero-order valence-electron chi connectivity index (χ0n) is 18.6. The smallest absolute Gasteiger partial charge is 0.172 e. The molecule has 0 radical (unpaired) electrons. The van der Waals surface area contributed by atoms with Crippen LogP contribution < -0.4 is 10.6 Å². The number of benzene rings is 2. The number of nitrogens with one attached hydrogen (secondary N) is 2. The Morgan fingerprint density at radius 2 is 1.97 bits per heavy atom. The molecule has 0 unspecified atom stereocenters. The lowest BCUT2D eigenvalue weighted by molar-refractivity contribution is 0.927.